The van der Waals surface area contributed by atoms with Crippen molar-refractivity contribution in [2.75, 3.05) is 19.0 Å². The van der Waals surface area contributed by atoms with Gasteiger partial charge in [0, 0.05) is 28.5 Å². The van der Waals surface area contributed by atoms with Crippen LogP contribution in [0.4, 0.5) is 5.69 Å². The van der Waals surface area contributed by atoms with Crippen LogP contribution in [0, 0.1) is 0 Å². The Labute approximate surface area is 176 Å². The quantitative estimate of drug-likeness (QED) is 0.457. The lowest BCUT2D eigenvalue weighted by molar-refractivity contribution is -0.118. The van der Waals surface area contributed by atoms with Crippen molar-refractivity contribution in [1.82, 2.24) is 9.38 Å². The number of anilines is 1. The van der Waals surface area contributed by atoms with Gasteiger partial charge in [0.1, 0.15) is 17.1 Å². The summed E-state index contributed by atoms with van der Waals surface area (Å²) in [6, 6.07) is 18.8. The van der Waals surface area contributed by atoms with Crippen molar-refractivity contribution < 1.29 is 14.3 Å². The molecule has 146 valence electrons. The van der Waals surface area contributed by atoms with Crippen LogP contribution in [0.5, 0.6) is 11.5 Å². The largest absolute Gasteiger partial charge is 0.497 e. The number of methoxy groups -OCH3 is 1. The van der Waals surface area contributed by atoms with Crippen LogP contribution in [0.1, 0.15) is 0 Å². The van der Waals surface area contributed by atoms with E-state index in [0.717, 1.165) is 21.4 Å². The fourth-order valence-corrected chi connectivity index (χ4v) is 3.13. The number of imidazole rings is 1. The average Bonchev–Trinajstić information content (AvgIpc) is 3.16. The molecule has 0 fully saturated rings. The van der Waals surface area contributed by atoms with Gasteiger partial charge >= 0.3 is 0 Å². The monoisotopic (exact) mass is 451 g/mol. The van der Waals surface area contributed by atoms with Crippen molar-refractivity contribution in [3.05, 3.63) is 77.5 Å². The maximum absolute atomic E-state index is 12.2. The van der Waals surface area contributed by atoms with E-state index < -0.39 is 0 Å². The van der Waals surface area contributed by atoms with E-state index in [1.54, 1.807) is 19.2 Å². The molecule has 2 heterocycles. The van der Waals surface area contributed by atoms with Gasteiger partial charge in [-0.2, -0.15) is 0 Å². The molecule has 0 spiro atoms. The first-order valence-electron chi connectivity index (χ1n) is 8.92. The zero-order valence-corrected chi connectivity index (χ0v) is 17.2. The van der Waals surface area contributed by atoms with Crippen molar-refractivity contribution in [1.29, 1.82) is 0 Å². The fourth-order valence-electron chi connectivity index (χ4n) is 2.86. The van der Waals surface area contributed by atoms with E-state index in [1.165, 1.54) is 0 Å². The maximum Gasteiger partial charge on any atom is 0.262 e. The number of nitrogens with one attached hydrogen (secondary N) is 1. The van der Waals surface area contributed by atoms with Crippen LogP contribution < -0.4 is 14.8 Å². The van der Waals surface area contributed by atoms with Crippen LogP contribution in [0.25, 0.3) is 16.9 Å². The Bertz CT molecular complexity index is 1160. The van der Waals surface area contributed by atoms with Gasteiger partial charge in [-0.15, -0.1) is 0 Å². The molecule has 4 rings (SSSR count). The number of pyridine rings is 1. The Morgan fingerprint density at radius 1 is 1.07 bits per heavy atom. The molecule has 0 unspecified atom stereocenters. The summed E-state index contributed by atoms with van der Waals surface area (Å²) in [5.74, 6) is 0.999. The van der Waals surface area contributed by atoms with Gasteiger partial charge in [0.25, 0.3) is 5.91 Å². The Hall–Kier alpha value is -3.32. The standard InChI is InChI=1S/C22H18BrN3O3/c1-28-18-3-2-4-19(11-18)29-14-22(27)24-17-9-10-21-25-20(13-26(21)12-17)15-5-7-16(23)8-6-15/h2-13H,14H2,1H3,(H,24,27). The van der Waals surface area contributed by atoms with Crippen molar-refractivity contribution in [2.45, 2.75) is 0 Å². The maximum atomic E-state index is 12.2. The lowest BCUT2D eigenvalue weighted by atomic mass is 10.2. The molecule has 0 saturated carbocycles. The molecule has 29 heavy (non-hydrogen) atoms. The van der Waals surface area contributed by atoms with Crippen LogP contribution in [-0.4, -0.2) is 29.0 Å². The number of aromatic nitrogens is 2. The number of nitrogens with zero attached hydrogens (tertiary/aromatic N) is 2. The molecule has 0 atom stereocenters. The Morgan fingerprint density at radius 2 is 1.86 bits per heavy atom. The van der Waals surface area contributed by atoms with E-state index in [0.29, 0.717) is 17.2 Å². The highest BCUT2D eigenvalue weighted by molar-refractivity contribution is 9.10. The first-order chi connectivity index (χ1) is 14.1. The number of fused-ring (bicyclic) bond motifs is 1. The Morgan fingerprint density at radius 3 is 2.66 bits per heavy atom. The third kappa shape index (κ3) is 4.57. The van der Waals surface area contributed by atoms with E-state index >= 15 is 0 Å². The second-order valence-electron chi connectivity index (χ2n) is 6.33. The van der Waals surface area contributed by atoms with Crippen LogP contribution in [0.3, 0.4) is 0 Å². The summed E-state index contributed by atoms with van der Waals surface area (Å²) in [4.78, 5) is 16.9. The number of benzene rings is 2. The third-order valence-corrected chi connectivity index (χ3v) is 4.81. The van der Waals surface area contributed by atoms with Gasteiger partial charge in [-0.3, -0.25) is 4.79 Å². The minimum atomic E-state index is -0.250. The van der Waals surface area contributed by atoms with Crippen molar-refractivity contribution in [3.8, 4) is 22.8 Å². The molecular weight excluding hydrogens is 434 g/mol. The number of halogens is 1. The number of amides is 1. The van der Waals surface area contributed by atoms with E-state index in [2.05, 4.69) is 26.2 Å². The molecule has 2 aromatic heterocycles. The minimum Gasteiger partial charge on any atom is -0.497 e. The fraction of sp³-hybridized carbons (Fsp3) is 0.0909. The molecule has 0 saturated heterocycles. The summed E-state index contributed by atoms with van der Waals surface area (Å²) in [5.41, 5.74) is 3.35. The van der Waals surface area contributed by atoms with Gasteiger partial charge in [0.15, 0.2) is 6.61 Å². The van der Waals surface area contributed by atoms with Gasteiger partial charge in [-0.25, -0.2) is 4.98 Å². The highest BCUT2D eigenvalue weighted by Gasteiger charge is 2.08. The second kappa shape index (κ2) is 8.36. The average molecular weight is 452 g/mol. The van der Waals surface area contributed by atoms with Crippen molar-refractivity contribution >= 4 is 33.2 Å². The molecule has 0 aliphatic carbocycles. The van der Waals surface area contributed by atoms with Gasteiger partial charge in [-0.1, -0.05) is 34.1 Å². The number of carbonyl (C=O) groups excluding carboxylic acids is 1. The summed E-state index contributed by atoms with van der Waals surface area (Å²) >= 11 is 3.44. The lowest BCUT2D eigenvalue weighted by Crippen LogP contribution is -2.20. The van der Waals surface area contributed by atoms with E-state index in [4.69, 9.17) is 9.47 Å². The molecule has 0 aliphatic heterocycles. The molecule has 0 aliphatic rings. The number of hydrogen-bond donors (Lipinski definition) is 1. The number of ether oxygens (including phenoxy) is 2. The predicted octanol–water partition coefficient (Wildman–Crippen LogP) is 4.79. The van der Waals surface area contributed by atoms with Crippen LogP contribution in [0.15, 0.2) is 77.5 Å². The van der Waals surface area contributed by atoms with E-state index in [1.807, 2.05) is 65.3 Å². The number of rotatable bonds is 6. The lowest BCUT2D eigenvalue weighted by Gasteiger charge is -2.08. The van der Waals surface area contributed by atoms with Crippen LogP contribution in [-0.2, 0) is 4.79 Å². The molecule has 2 aromatic carbocycles. The molecule has 1 amide bonds. The highest BCUT2D eigenvalue weighted by Crippen LogP contribution is 2.23. The zero-order chi connectivity index (χ0) is 20.2. The molecule has 7 heteroatoms. The van der Waals surface area contributed by atoms with Crippen molar-refractivity contribution in [3.63, 3.8) is 0 Å². The second-order valence-corrected chi connectivity index (χ2v) is 7.25. The SMILES string of the molecule is COc1cccc(OCC(=O)Nc2ccc3nc(-c4ccc(Br)cc4)cn3c2)c1. The molecule has 0 bridgehead atoms. The summed E-state index contributed by atoms with van der Waals surface area (Å²) < 4.78 is 13.6. The first kappa shape index (κ1) is 19.0. The van der Waals surface area contributed by atoms with Gasteiger partial charge in [-0.05, 0) is 36.4 Å². The molecule has 6 nitrogen and oxygen atoms in total. The summed E-state index contributed by atoms with van der Waals surface area (Å²) in [6.07, 6.45) is 3.76. The smallest absolute Gasteiger partial charge is 0.262 e. The summed E-state index contributed by atoms with van der Waals surface area (Å²) in [5, 5.41) is 2.84. The van der Waals surface area contributed by atoms with Gasteiger partial charge in [0.05, 0.1) is 18.5 Å². The third-order valence-electron chi connectivity index (χ3n) is 4.29. The Kier molecular flexibility index (Phi) is 5.48. The zero-order valence-electron chi connectivity index (χ0n) is 15.6. The number of hydrogen-bond acceptors (Lipinski definition) is 4. The van der Waals surface area contributed by atoms with E-state index in [-0.39, 0.29) is 12.5 Å². The molecule has 0 radical (unpaired) electrons. The topological polar surface area (TPSA) is 64.9 Å². The normalized spacial score (nSPS) is 10.7. The number of carbonyl (C=O) groups is 1. The Balaban J connectivity index is 1.43. The first-order valence-corrected chi connectivity index (χ1v) is 9.71. The van der Waals surface area contributed by atoms with Gasteiger partial charge < -0.3 is 19.2 Å². The van der Waals surface area contributed by atoms with Crippen LogP contribution >= 0.6 is 15.9 Å². The molecule has 4 aromatic rings. The van der Waals surface area contributed by atoms with Crippen LogP contribution in [0.2, 0.25) is 0 Å². The molecular formula is C22H18BrN3O3. The van der Waals surface area contributed by atoms with E-state index in [9.17, 15) is 4.79 Å². The minimum absolute atomic E-state index is 0.0979. The summed E-state index contributed by atoms with van der Waals surface area (Å²) in [7, 11) is 1.58. The van der Waals surface area contributed by atoms with Crippen molar-refractivity contribution in [2.24, 2.45) is 0 Å². The predicted molar refractivity (Wildman–Crippen MR) is 115 cm³/mol. The van der Waals surface area contributed by atoms with Gasteiger partial charge in [0.2, 0.25) is 0 Å². The highest BCUT2D eigenvalue weighted by atomic mass is 79.9. The molecule has 1 N–H and O–H groups in total. The summed E-state index contributed by atoms with van der Waals surface area (Å²) in [6.45, 7) is -0.0979.